The molecule has 0 amide bonds. The van der Waals surface area contributed by atoms with E-state index in [1.165, 1.54) is 17.1 Å². The zero-order valence-electron chi connectivity index (χ0n) is 23.1. The van der Waals surface area contributed by atoms with Gasteiger partial charge in [0.25, 0.3) is 6.08 Å². The molecule has 4 heterocycles. The predicted octanol–water partition coefficient (Wildman–Crippen LogP) is 2.71. The van der Waals surface area contributed by atoms with Gasteiger partial charge in [-0.3, -0.25) is 0 Å². The number of aryl methyl sites for hydroxylation is 1. The smallest absolute Gasteiger partial charge is 0.488 e. The Morgan fingerprint density at radius 3 is 2.07 bits per heavy atom. The number of nitrogens with one attached hydrogen (secondary N) is 1. The highest BCUT2D eigenvalue weighted by Crippen LogP contribution is 2.25. The van der Waals surface area contributed by atoms with Crippen LogP contribution in [-0.2, 0) is 16.1 Å². The van der Waals surface area contributed by atoms with Gasteiger partial charge >= 0.3 is 30.0 Å². The Bertz CT molecular complexity index is 1690. The van der Waals surface area contributed by atoms with E-state index in [4.69, 9.17) is 30.3 Å². The summed E-state index contributed by atoms with van der Waals surface area (Å²) in [5.74, 6) is 2.20. The summed E-state index contributed by atoms with van der Waals surface area (Å²) < 4.78 is 96.8. The number of nitrogens with zero attached hydrogens (tertiary/aromatic N) is 5. The van der Waals surface area contributed by atoms with Crippen LogP contribution in [0, 0.1) is 18.8 Å². The van der Waals surface area contributed by atoms with Gasteiger partial charge in [-0.1, -0.05) is 11.8 Å². The molecular weight excluding hydrogens is 646 g/mol. The molecule has 248 valence electrons. The van der Waals surface area contributed by atoms with Crippen LogP contribution >= 0.6 is 0 Å². The van der Waals surface area contributed by atoms with Crippen molar-refractivity contribution in [2.45, 2.75) is 25.8 Å². The van der Waals surface area contributed by atoms with Gasteiger partial charge in [0.15, 0.2) is 11.6 Å². The third-order valence-electron chi connectivity index (χ3n) is 5.21. The number of nitrogens with two attached hydrogens (primary N) is 1. The summed E-state index contributed by atoms with van der Waals surface area (Å²) in [6.07, 6.45) is -7.67. The molecule has 4 rings (SSSR count). The van der Waals surface area contributed by atoms with Crippen LogP contribution in [0.15, 0.2) is 47.3 Å². The van der Waals surface area contributed by atoms with Crippen molar-refractivity contribution in [3.05, 3.63) is 69.7 Å². The molecule has 46 heavy (non-hydrogen) atoms. The third-order valence-corrected chi connectivity index (χ3v) is 5.21. The van der Waals surface area contributed by atoms with E-state index in [-0.39, 0.29) is 18.7 Å². The largest absolute Gasteiger partial charge is 0.490 e. The number of carboxylic acids is 2. The molecule has 21 heteroatoms. The van der Waals surface area contributed by atoms with Crippen molar-refractivity contribution in [1.82, 2.24) is 24.3 Å². The van der Waals surface area contributed by atoms with E-state index in [0.29, 0.717) is 47.2 Å². The van der Waals surface area contributed by atoms with E-state index in [1.54, 1.807) is 19.2 Å². The van der Waals surface area contributed by atoms with Crippen LogP contribution in [0.5, 0.6) is 5.75 Å². The molecule has 1 aliphatic rings. The number of alkyl halides is 6. The zero-order chi connectivity index (χ0) is 34.8. The third kappa shape index (κ3) is 10.6. The maximum Gasteiger partial charge on any atom is 0.490 e. The number of anilines is 1. The Morgan fingerprint density at radius 2 is 1.57 bits per heavy atom. The second-order valence-corrected chi connectivity index (χ2v) is 8.58. The molecule has 0 fully saturated rings. The fraction of sp³-hybridized carbons (Fsp3) is 0.280. The standard InChI is InChI=1S/C21H19F2N7O2.2C2HF3O2/c1-13-6-14(2-3-15-7-17-19(26-9-15)25-4-5-32-17)10-27-20(13)29-12-28-30(21(29)31)11-16(8-24)18(22)23;2*3-2(4,5)1(6)7/h6-7,9-10,12H,4-5,8,11,24H2,1H3,(H,25,26);2*(H,6,7). The number of hydrogen-bond donors (Lipinski definition) is 4. The Labute approximate surface area is 251 Å². The maximum atomic E-state index is 12.8. The lowest BCUT2D eigenvalue weighted by Crippen LogP contribution is -2.27. The van der Waals surface area contributed by atoms with Gasteiger partial charge < -0.3 is 26.0 Å². The molecule has 5 N–H and O–H groups in total. The summed E-state index contributed by atoms with van der Waals surface area (Å²) in [6.45, 7) is 2.29. The summed E-state index contributed by atoms with van der Waals surface area (Å²) in [7, 11) is 0. The maximum absolute atomic E-state index is 12.8. The van der Waals surface area contributed by atoms with Crippen LogP contribution in [0.1, 0.15) is 16.7 Å². The molecular formula is C25H21F8N7O6. The van der Waals surface area contributed by atoms with Crippen molar-refractivity contribution >= 4 is 17.8 Å². The van der Waals surface area contributed by atoms with Crippen LogP contribution in [0.3, 0.4) is 0 Å². The molecule has 1 aliphatic heterocycles. The minimum atomic E-state index is -5.08. The van der Waals surface area contributed by atoms with Crippen molar-refractivity contribution in [2.24, 2.45) is 5.73 Å². The average molecular weight is 667 g/mol. The number of aromatic nitrogens is 5. The molecule has 0 unspecified atom stereocenters. The number of hydrogen-bond acceptors (Lipinski definition) is 9. The zero-order valence-corrected chi connectivity index (χ0v) is 23.1. The number of pyridine rings is 2. The number of rotatable bonds is 4. The van der Waals surface area contributed by atoms with Gasteiger partial charge in [-0.25, -0.2) is 33.6 Å². The molecule has 0 aromatic carbocycles. The van der Waals surface area contributed by atoms with Gasteiger partial charge in [0, 0.05) is 41.7 Å². The van der Waals surface area contributed by atoms with Crippen molar-refractivity contribution in [3.8, 4) is 23.4 Å². The van der Waals surface area contributed by atoms with Crippen LogP contribution in [0.2, 0.25) is 0 Å². The summed E-state index contributed by atoms with van der Waals surface area (Å²) in [5, 5.41) is 21.3. The first-order valence-electron chi connectivity index (χ1n) is 12.2. The Balaban J connectivity index is 0.000000440. The number of halogens is 8. The molecule has 0 bridgehead atoms. The van der Waals surface area contributed by atoms with Gasteiger partial charge in [-0.05, 0) is 18.6 Å². The first kappa shape index (κ1) is 36.7. The van der Waals surface area contributed by atoms with Gasteiger partial charge in [0.05, 0.1) is 13.1 Å². The molecule has 3 aromatic rings. The minimum Gasteiger partial charge on any atom is -0.488 e. The molecule has 3 aromatic heterocycles. The number of ether oxygens (including phenoxy) is 1. The van der Waals surface area contributed by atoms with Crippen LogP contribution in [0.25, 0.3) is 5.82 Å². The van der Waals surface area contributed by atoms with Gasteiger partial charge in [-0.15, -0.1) is 0 Å². The van der Waals surface area contributed by atoms with Crippen molar-refractivity contribution in [2.75, 3.05) is 25.0 Å². The normalized spacial score (nSPS) is 11.9. The molecule has 0 spiro atoms. The summed E-state index contributed by atoms with van der Waals surface area (Å²) in [6, 6.07) is 3.59. The van der Waals surface area contributed by atoms with E-state index in [0.717, 1.165) is 4.68 Å². The minimum absolute atomic E-state index is 0.334. The fourth-order valence-electron chi connectivity index (χ4n) is 3.09. The molecule has 0 atom stereocenters. The van der Waals surface area contributed by atoms with Crippen LogP contribution < -0.4 is 21.5 Å². The molecule has 13 nitrogen and oxygen atoms in total. The summed E-state index contributed by atoms with van der Waals surface area (Å²) in [4.78, 5) is 39.0. The van der Waals surface area contributed by atoms with Crippen LogP contribution in [0.4, 0.5) is 40.9 Å². The number of aliphatic carboxylic acids is 2. The average Bonchev–Trinajstić information content (AvgIpc) is 3.33. The van der Waals surface area contributed by atoms with E-state index in [2.05, 4.69) is 32.2 Å². The van der Waals surface area contributed by atoms with Crippen LogP contribution in [-0.4, -0.2) is 78.5 Å². The predicted molar refractivity (Wildman–Crippen MR) is 140 cm³/mol. The highest BCUT2D eigenvalue weighted by atomic mass is 19.4. The van der Waals surface area contributed by atoms with E-state index >= 15 is 0 Å². The highest BCUT2D eigenvalue weighted by molar-refractivity contribution is 5.73. The Hall–Kier alpha value is -5.52. The first-order chi connectivity index (χ1) is 21.3. The molecule has 0 saturated heterocycles. The molecule has 0 radical (unpaired) electrons. The topological polar surface area (TPSA) is 187 Å². The Kier molecular flexibility index (Phi) is 12.3. The fourth-order valence-corrected chi connectivity index (χ4v) is 3.09. The number of fused-ring (bicyclic) bond motifs is 1. The second kappa shape index (κ2) is 15.5. The van der Waals surface area contributed by atoms with E-state index in [9.17, 15) is 39.9 Å². The van der Waals surface area contributed by atoms with Crippen molar-refractivity contribution < 1.29 is 59.7 Å². The molecule has 0 aliphatic carbocycles. The number of carbonyl (C=O) groups is 2. The summed E-state index contributed by atoms with van der Waals surface area (Å²) >= 11 is 0. The van der Waals surface area contributed by atoms with E-state index in [1.807, 2.05) is 6.07 Å². The van der Waals surface area contributed by atoms with E-state index < -0.39 is 36.1 Å². The van der Waals surface area contributed by atoms with Crippen molar-refractivity contribution in [1.29, 1.82) is 0 Å². The lowest BCUT2D eigenvalue weighted by molar-refractivity contribution is -0.193. The SMILES string of the molecule is Cc1cc(C#Cc2cnc3c(c2)OCCN3)cnc1-n1cnn(CC(CN)=C(F)F)c1=O.O=C(O)C(F)(F)F.O=C(O)C(F)(F)F. The van der Waals surface area contributed by atoms with Gasteiger partial charge in [-0.2, -0.15) is 40.2 Å². The molecule has 0 saturated carbocycles. The highest BCUT2D eigenvalue weighted by Gasteiger charge is 2.38. The number of carboxylic acid groups (broad SMARTS) is 2. The first-order valence-corrected chi connectivity index (χ1v) is 12.2. The lowest BCUT2D eigenvalue weighted by atomic mass is 10.2. The van der Waals surface area contributed by atoms with Gasteiger partial charge in [0.2, 0.25) is 0 Å². The van der Waals surface area contributed by atoms with Gasteiger partial charge in [0.1, 0.15) is 18.8 Å². The monoisotopic (exact) mass is 667 g/mol. The van der Waals surface area contributed by atoms with Crippen molar-refractivity contribution in [3.63, 3.8) is 0 Å². The second-order valence-electron chi connectivity index (χ2n) is 8.58. The Morgan fingerprint density at radius 1 is 1.02 bits per heavy atom. The summed E-state index contributed by atoms with van der Waals surface area (Å²) in [5.41, 5.74) is 6.35. The lowest BCUT2D eigenvalue weighted by Gasteiger charge is -2.17. The quantitative estimate of drug-likeness (QED) is 0.237.